The minimum absolute atomic E-state index is 0.132. The Balaban J connectivity index is 1.79. The van der Waals surface area contributed by atoms with Crippen molar-refractivity contribution in [2.75, 3.05) is 13.7 Å². The number of hydrogen-bond donors (Lipinski definition) is 2. The second-order valence-electron chi connectivity index (χ2n) is 9.50. The van der Waals surface area contributed by atoms with E-state index in [1.165, 1.54) is 7.11 Å². The molecular weight excluding hydrogens is 538 g/mol. The smallest absolute Gasteiger partial charge is 0.408 e. The highest BCUT2D eigenvalue weighted by Crippen LogP contribution is 2.29. The Hall–Kier alpha value is -3.36. The molecule has 0 aliphatic rings. The fourth-order valence-electron chi connectivity index (χ4n) is 3.70. The number of halogens is 1. The Bertz CT molecular complexity index is 1240. The molecule has 7 nitrogen and oxygen atoms in total. The predicted octanol–water partition coefficient (Wildman–Crippen LogP) is 5.97. The van der Waals surface area contributed by atoms with E-state index < -0.39 is 17.7 Å². The SMILES string of the molecule is COC(=O)Cc1ccccc1OCc1cc(Br)cc(-c2cccc([C@@H](CO)NC(=O)OC(C)(C)C)c2)c1. The summed E-state index contributed by atoms with van der Waals surface area (Å²) in [5.41, 5.74) is 3.64. The number of amides is 1. The van der Waals surface area contributed by atoms with E-state index in [0.717, 1.165) is 32.3 Å². The van der Waals surface area contributed by atoms with E-state index in [4.69, 9.17) is 14.2 Å². The molecule has 0 aliphatic heterocycles. The maximum absolute atomic E-state index is 12.2. The van der Waals surface area contributed by atoms with Crippen LogP contribution in [0.5, 0.6) is 5.75 Å². The van der Waals surface area contributed by atoms with E-state index in [0.29, 0.717) is 12.4 Å². The summed E-state index contributed by atoms with van der Waals surface area (Å²) in [6.45, 7) is 5.38. The van der Waals surface area contributed by atoms with Crippen LogP contribution in [0.4, 0.5) is 4.79 Å². The summed E-state index contributed by atoms with van der Waals surface area (Å²) >= 11 is 3.58. The van der Waals surface area contributed by atoms with Crippen molar-refractivity contribution >= 4 is 28.0 Å². The number of rotatable bonds is 9. The Morgan fingerprint density at radius 1 is 1.00 bits per heavy atom. The highest BCUT2D eigenvalue weighted by atomic mass is 79.9. The molecule has 0 saturated heterocycles. The van der Waals surface area contributed by atoms with Crippen LogP contribution in [-0.4, -0.2) is 36.5 Å². The average molecular weight is 570 g/mol. The average Bonchev–Trinajstić information content (AvgIpc) is 2.85. The van der Waals surface area contributed by atoms with E-state index in [9.17, 15) is 14.7 Å². The zero-order chi connectivity index (χ0) is 27.0. The lowest BCUT2D eigenvalue weighted by molar-refractivity contribution is -0.139. The van der Waals surface area contributed by atoms with Gasteiger partial charge in [0.05, 0.1) is 26.2 Å². The molecule has 3 aromatic rings. The standard InChI is InChI=1S/C29H32BrNO6/c1-29(2,3)37-28(34)31-25(17-32)21-10-7-9-20(14-21)23-12-19(13-24(30)15-23)18-36-26-11-6-5-8-22(26)16-27(33)35-4/h5-15,25,32H,16-18H2,1-4H3,(H,31,34)/t25-/m1/s1. The highest BCUT2D eigenvalue weighted by molar-refractivity contribution is 9.10. The first-order valence-corrected chi connectivity index (χ1v) is 12.6. The largest absolute Gasteiger partial charge is 0.489 e. The molecule has 3 rings (SSSR count). The maximum Gasteiger partial charge on any atom is 0.408 e. The summed E-state index contributed by atoms with van der Waals surface area (Å²) in [4.78, 5) is 24.0. The first kappa shape index (κ1) is 28.2. The summed E-state index contributed by atoms with van der Waals surface area (Å²) in [5, 5.41) is 12.7. The fourth-order valence-corrected chi connectivity index (χ4v) is 4.24. The Kier molecular flexibility index (Phi) is 9.72. The van der Waals surface area contributed by atoms with E-state index in [-0.39, 0.29) is 19.0 Å². The van der Waals surface area contributed by atoms with Crippen molar-refractivity contribution in [2.24, 2.45) is 0 Å². The Morgan fingerprint density at radius 2 is 1.76 bits per heavy atom. The molecule has 0 aromatic heterocycles. The molecule has 0 bridgehead atoms. The predicted molar refractivity (Wildman–Crippen MR) is 145 cm³/mol. The molecule has 0 heterocycles. The number of carbonyl (C=O) groups excluding carboxylic acids is 2. The van der Waals surface area contributed by atoms with Crippen molar-refractivity contribution < 1.29 is 28.9 Å². The maximum atomic E-state index is 12.2. The van der Waals surface area contributed by atoms with Gasteiger partial charge in [-0.2, -0.15) is 0 Å². The highest BCUT2D eigenvalue weighted by Gasteiger charge is 2.20. The van der Waals surface area contributed by atoms with Crippen molar-refractivity contribution in [2.45, 2.75) is 45.4 Å². The van der Waals surface area contributed by atoms with Crippen molar-refractivity contribution in [1.82, 2.24) is 5.32 Å². The molecule has 0 aliphatic carbocycles. The molecule has 3 aromatic carbocycles. The zero-order valence-electron chi connectivity index (χ0n) is 21.4. The summed E-state index contributed by atoms with van der Waals surface area (Å²) in [6, 6.07) is 20.4. The van der Waals surface area contributed by atoms with Crippen LogP contribution in [0.3, 0.4) is 0 Å². The molecule has 1 atom stereocenters. The number of ether oxygens (including phenoxy) is 3. The van der Waals surface area contributed by atoms with Gasteiger partial charge in [0.1, 0.15) is 18.0 Å². The Morgan fingerprint density at radius 3 is 2.46 bits per heavy atom. The van der Waals surface area contributed by atoms with E-state index in [1.54, 1.807) is 20.8 Å². The second kappa shape index (κ2) is 12.7. The van der Waals surface area contributed by atoms with E-state index >= 15 is 0 Å². The lowest BCUT2D eigenvalue weighted by atomic mass is 9.98. The van der Waals surface area contributed by atoms with Crippen LogP contribution in [0.2, 0.25) is 0 Å². The van der Waals surface area contributed by atoms with Crippen LogP contribution in [0, 0.1) is 0 Å². The third-order valence-corrected chi connectivity index (χ3v) is 5.84. The van der Waals surface area contributed by atoms with Gasteiger partial charge in [-0.05, 0) is 73.4 Å². The number of methoxy groups -OCH3 is 1. The van der Waals surface area contributed by atoms with Gasteiger partial charge in [0.25, 0.3) is 0 Å². The van der Waals surface area contributed by atoms with Crippen LogP contribution in [0.25, 0.3) is 11.1 Å². The molecular formula is C29H32BrNO6. The molecule has 0 radical (unpaired) electrons. The van der Waals surface area contributed by atoms with Crippen molar-refractivity contribution in [3.05, 3.63) is 87.9 Å². The number of aliphatic hydroxyl groups excluding tert-OH is 1. The number of alkyl carbamates (subject to hydrolysis) is 1. The molecule has 1 amide bonds. The molecule has 0 saturated carbocycles. The van der Waals surface area contributed by atoms with Gasteiger partial charge in [0.2, 0.25) is 0 Å². The molecule has 37 heavy (non-hydrogen) atoms. The molecule has 196 valence electrons. The number of esters is 1. The molecule has 0 unspecified atom stereocenters. The van der Waals surface area contributed by atoms with Crippen LogP contribution >= 0.6 is 15.9 Å². The molecule has 2 N–H and O–H groups in total. The van der Waals surface area contributed by atoms with Crippen molar-refractivity contribution in [3.8, 4) is 16.9 Å². The summed E-state index contributed by atoms with van der Waals surface area (Å²) in [5.74, 6) is 0.290. The summed E-state index contributed by atoms with van der Waals surface area (Å²) < 4.78 is 17.0. The van der Waals surface area contributed by atoms with Crippen LogP contribution in [-0.2, 0) is 27.3 Å². The topological polar surface area (TPSA) is 94.1 Å². The second-order valence-corrected chi connectivity index (χ2v) is 10.4. The normalized spacial score (nSPS) is 11.9. The molecule has 0 spiro atoms. The summed E-state index contributed by atoms with van der Waals surface area (Å²) in [6.07, 6.45) is -0.460. The third-order valence-electron chi connectivity index (χ3n) is 5.38. The minimum Gasteiger partial charge on any atom is -0.489 e. The van der Waals surface area contributed by atoms with Crippen molar-refractivity contribution in [3.63, 3.8) is 0 Å². The van der Waals surface area contributed by atoms with Crippen molar-refractivity contribution in [1.29, 1.82) is 0 Å². The number of nitrogens with one attached hydrogen (secondary N) is 1. The summed E-state index contributed by atoms with van der Waals surface area (Å²) in [7, 11) is 1.36. The van der Waals surface area contributed by atoms with E-state index in [2.05, 4.69) is 21.2 Å². The lowest BCUT2D eigenvalue weighted by Gasteiger charge is -2.23. The lowest BCUT2D eigenvalue weighted by Crippen LogP contribution is -2.36. The van der Waals surface area contributed by atoms with Crippen LogP contribution in [0.15, 0.2) is 71.2 Å². The number of aliphatic hydroxyl groups is 1. The molecule has 8 heteroatoms. The molecule has 0 fully saturated rings. The van der Waals surface area contributed by atoms with Crippen LogP contribution in [0.1, 0.15) is 43.5 Å². The van der Waals surface area contributed by atoms with Gasteiger partial charge in [-0.1, -0.05) is 52.3 Å². The van der Waals surface area contributed by atoms with Gasteiger partial charge in [-0.15, -0.1) is 0 Å². The van der Waals surface area contributed by atoms with E-state index in [1.807, 2.05) is 66.7 Å². The van der Waals surface area contributed by atoms with Gasteiger partial charge in [0.15, 0.2) is 0 Å². The number of benzene rings is 3. The van der Waals surface area contributed by atoms with Gasteiger partial charge in [-0.3, -0.25) is 4.79 Å². The Labute approximate surface area is 225 Å². The van der Waals surface area contributed by atoms with Crippen LogP contribution < -0.4 is 10.1 Å². The number of hydrogen-bond acceptors (Lipinski definition) is 6. The first-order valence-electron chi connectivity index (χ1n) is 11.9. The van der Waals surface area contributed by atoms with Gasteiger partial charge in [0, 0.05) is 10.0 Å². The number of carbonyl (C=O) groups is 2. The first-order chi connectivity index (χ1) is 17.6. The van der Waals surface area contributed by atoms with Gasteiger partial charge >= 0.3 is 12.1 Å². The fraction of sp³-hybridized carbons (Fsp3) is 0.310. The third kappa shape index (κ3) is 8.61. The van der Waals surface area contributed by atoms with Gasteiger partial charge in [-0.25, -0.2) is 4.79 Å². The number of para-hydroxylation sites is 1. The zero-order valence-corrected chi connectivity index (χ0v) is 23.0. The monoisotopic (exact) mass is 569 g/mol. The minimum atomic E-state index is -0.638. The van der Waals surface area contributed by atoms with Gasteiger partial charge < -0.3 is 24.6 Å². The quantitative estimate of drug-likeness (QED) is 0.308.